The number of anilines is 3. The minimum atomic E-state index is -1.27. The van der Waals surface area contributed by atoms with Gasteiger partial charge in [0.2, 0.25) is 0 Å². The average molecular weight is 705 g/mol. The van der Waals surface area contributed by atoms with E-state index in [4.69, 9.17) is 19.2 Å². The van der Waals surface area contributed by atoms with Gasteiger partial charge in [0.05, 0.1) is 52.4 Å². The van der Waals surface area contributed by atoms with E-state index in [0.29, 0.717) is 5.56 Å². The van der Waals surface area contributed by atoms with E-state index < -0.39 is 201 Å². The molecule has 2 heteroatoms. The molecule has 53 heavy (non-hydrogen) atoms. The van der Waals surface area contributed by atoms with Crippen LogP contribution in [0.25, 0.3) is 60.9 Å². The minimum absolute atomic E-state index is 0.0449. The molecule has 0 unspecified atom stereocenters. The monoisotopic (exact) mass is 704 g/mol. The number of fused-ring (bicyclic) bond motifs is 6. The highest BCUT2D eigenvalue weighted by Crippen LogP contribution is 2.54. The van der Waals surface area contributed by atoms with Gasteiger partial charge in [0.1, 0.15) is 0 Å². The van der Waals surface area contributed by atoms with Gasteiger partial charge in [-0.1, -0.05) is 153 Å². The van der Waals surface area contributed by atoms with E-state index in [1.165, 1.54) is 12.1 Å². The quantitative estimate of drug-likeness (QED) is 0.167. The molecule has 1 aliphatic carbocycles. The SMILES string of the molecule is [2H]c1cc2c(cc1[2H])C(C)(C)c1c([2H])c([2H])c([2H])c(N(c3c([2H])cc(-c4cc([2H])c([2H])c5c4c4c([2H])c([2H])c([2H])c([2H])c4n5-c4c([2H])c([2H])c([2H])c([2H])c4[2H])c([2H])c3[2H])c3c([2H])c([2H])c(-c4cc([2H])c([2H])c([2H])c4)c([2H])c3[2H])c1-2. The second-order valence-electron chi connectivity index (χ2n) is 12.6. The lowest BCUT2D eigenvalue weighted by Gasteiger charge is -2.29. The van der Waals surface area contributed by atoms with Crippen molar-refractivity contribution < 1.29 is 35.6 Å². The first-order chi connectivity index (χ1) is 36.8. The van der Waals surface area contributed by atoms with Gasteiger partial charge in [-0.25, -0.2) is 0 Å². The summed E-state index contributed by atoms with van der Waals surface area (Å²) in [5.41, 5.74) is -5.81. The van der Waals surface area contributed by atoms with Crippen LogP contribution in [-0.2, 0) is 5.41 Å². The van der Waals surface area contributed by atoms with Crippen LogP contribution in [0.4, 0.5) is 17.1 Å². The van der Waals surface area contributed by atoms with E-state index in [1.807, 2.05) is 0 Å². The van der Waals surface area contributed by atoms with Crippen LogP contribution in [-0.4, -0.2) is 4.57 Å². The topological polar surface area (TPSA) is 8.17 Å². The Morgan fingerprint density at radius 2 is 1.13 bits per heavy atom. The van der Waals surface area contributed by atoms with Crippen molar-refractivity contribution in [3.05, 3.63) is 205 Å². The Kier molecular flexibility index (Phi) is 3.33. The molecule has 1 heterocycles. The van der Waals surface area contributed by atoms with Crippen LogP contribution in [0, 0.1) is 0 Å². The van der Waals surface area contributed by atoms with Crippen LogP contribution < -0.4 is 4.90 Å². The Bertz CT molecular complexity index is 4230. The van der Waals surface area contributed by atoms with Gasteiger partial charge in [-0.05, 0) is 93.3 Å². The summed E-state index contributed by atoms with van der Waals surface area (Å²) >= 11 is 0. The summed E-state index contributed by atoms with van der Waals surface area (Å²) in [5.74, 6) is 0. The molecule has 0 amide bonds. The number of hydrogen-bond donors (Lipinski definition) is 0. The standard InChI is InChI=1S/C51H38N2/c1-51(2)44-22-11-9-19-42(44)50-45(51)23-14-26-48(50)52(39-31-27-36(28-32-39)35-15-5-3-6-16-35)40-33-29-37(30-34-40)41-21-13-25-47-49(41)43-20-10-12-24-46(43)53(47)38-17-7-4-8-18-38/h3-34H,1-2H3/i3D,4D,5D,6D,7D,8D,9D,10D,11D,12D,13D,14D,17D,18D,20D,23D,24D,25D,26D,27D,28D,29D,31D,32D,33D,34D. The molecule has 1 aliphatic rings. The smallest absolute Gasteiger partial charge is 0.0645 e. The summed E-state index contributed by atoms with van der Waals surface area (Å²) in [6.45, 7) is 3.32. The lowest BCUT2D eigenvalue weighted by Crippen LogP contribution is -2.16. The summed E-state index contributed by atoms with van der Waals surface area (Å²) in [4.78, 5) is 0.816. The van der Waals surface area contributed by atoms with Crippen molar-refractivity contribution in [1.29, 1.82) is 0 Å². The lowest BCUT2D eigenvalue weighted by atomic mass is 9.82. The van der Waals surface area contributed by atoms with Crippen molar-refractivity contribution in [2.45, 2.75) is 19.3 Å². The first-order valence-electron chi connectivity index (χ1n) is 29.3. The number of hydrogen-bond acceptors (Lipinski definition) is 1. The fourth-order valence-electron chi connectivity index (χ4n) is 6.91. The second-order valence-corrected chi connectivity index (χ2v) is 12.6. The van der Waals surface area contributed by atoms with Gasteiger partial charge in [-0.3, -0.25) is 0 Å². The Hall–Kier alpha value is -6.64. The fourth-order valence-corrected chi connectivity index (χ4v) is 6.91. The Morgan fingerprint density at radius 1 is 0.472 bits per heavy atom. The summed E-state index contributed by atoms with van der Waals surface area (Å²) < 4.78 is 236. The van der Waals surface area contributed by atoms with Crippen LogP contribution in [0.3, 0.4) is 0 Å². The summed E-state index contributed by atoms with van der Waals surface area (Å²) in [5, 5.41) is -0.739. The van der Waals surface area contributed by atoms with Gasteiger partial charge in [-0.15, -0.1) is 0 Å². The molecular formula is C51H38N2. The number of rotatable bonds is 6. The van der Waals surface area contributed by atoms with Gasteiger partial charge in [-0.2, -0.15) is 0 Å². The number of benzene rings is 8. The van der Waals surface area contributed by atoms with Crippen LogP contribution >= 0.6 is 0 Å². The van der Waals surface area contributed by atoms with E-state index in [1.54, 1.807) is 13.8 Å². The van der Waals surface area contributed by atoms with Crippen molar-refractivity contribution in [3.63, 3.8) is 0 Å². The molecule has 0 saturated heterocycles. The normalized spacial score (nSPS) is 19.7. The maximum Gasteiger partial charge on any atom is 0.0645 e. The predicted octanol–water partition coefficient (Wildman–Crippen LogP) is 13.9. The zero-order valence-corrected chi connectivity index (χ0v) is 27.9. The summed E-state index contributed by atoms with van der Waals surface area (Å²) in [6.07, 6.45) is 0. The predicted molar refractivity (Wildman–Crippen MR) is 224 cm³/mol. The molecule has 0 fully saturated rings. The summed E-state index contributed by atoms with van der Waals surface area (Å²) in [7, 11) is 0. The number of nitrogens with zero attached hydrogens (tertiary/aromatic N) is 2. The Labute approximate surface area is 347 Å². The first-order valence-corrected chi connectivity index (χ1v) is 16.3. The number of aromatic nitrogens is 1. The van der Waals surface area contributed by atoms with Gasteiger partial charge in [0.15, 0.2) is 0 Å². The second kappa shape index (κ2) is 12.3. The van der Waals surface area contributed by atoms with E-state index in [-0.39, 0.29) is 45.3 Å². The van der Waals surface area contributed by atoms with Crippen molar-refractivity contribution in [3.8, 4) is 39.1 Å². The molecule has 0 atom stereocenters. The number of para-hydroxylation sites is 2. The molecule has 10 rings (SSSR count). The Morgan fingerprint density at radius 3 is 1.96 bits per heavy atom. The summed E-state index contributed by atoms with van der Waals surface area (Å²) in [6, 6.07) is -12.0. The average Bonchev–Trinajstić information content (AvgIpc) is 3.44. The van der Waals surface area contributed by atoms with Gasteiger partial charge >= 0.3 is 0 Å². The highest BCUT2D eigenvalue weighted by molar-refractivity contribution is 6.15. The fraction of sp³-hybridized carbons (Fsp3) is 0.0588. The minimum Gasteiger partial charge on any atom is -0.310 e. The van der Waals surface area contributed by atoms with E-state index in [9.17, 15) is 16.4 Å². The van der Waals surface area contributed by atoms with E-state index >= 15 is 0 Å². The maximum atomic E-state index is 9.92. The van der Waals surface area contributed by atoms with Gasteiger partial charge in [0, 0.05) is 38.8 Å². The zero-order chi connectivity index (χ0) is 58.1. The van der Waals surface area contributed by atoms with Gasteiger partial charge in [0.25, 0.3) is 0 Å². The first kappa shape index (κ1) is 14.4. The van der Waals surface area contributed by atoms with Crippen molar-refractivity contribution in [1.82, 2.24) is 4.57 Å². The van der Waals surface area contributed by atoms with Gasteiger partial charge < -0.3 is 9.47 Å². The highest BCUT2D eigenvalue weighted by Gasteiger charge is 2.37. The molecule has 0 bridgehead atoms. The molecule has 0 radical (unpaired) electrons. The van der Waals surface area contributed by atoms with Crippen molar-refractivity contribution in [2.75, 3.05) is 4.90 Å². The largest absolute Gasteiger partial charge is 0.310 e. The molecule has 8 aromatic carbocycles. The van der Waals surface area contributed by atoms with Crippen LogP contribution in [0.5, 0.6) is 0 Å². The molecule has 9 aromatic rings. The van der Waals surface area contributed by atoms with Crippen LogP contribution in [0.2, 0.25) is 0 Å². The van der Waals surface area contributed by atoms with Crippen LogP contribution in [0.1, 0.15) is 60.6 Å². The third kappa shape index (κ3) is 4.94. The highest BCUT2D eigenvalue weighted by atomic mass is 15.1. The Balaban J connectivity index is 1.38. The van der Waals surface area contributed by atoms with E-state index in [2.05, 4.69) is 0 Å². The molecule has 0 saturated carbocycles. The maximum absolute atomic E-state index is 9.92. The van der Waals surface area contributed by atoms with Crippen molar-refractivity contribution in [2.24, 2.45) is 0 Å². The molecule has 1 aromatic heterocycles. The molecule has 2 nitrogen and oxygen atoms in total. The molecule has 0 aliphatic heterocycles. The molecule has 252 valence electrons. The molecule has 0 N–H and O–H groups in total. The third-order valence-electron chi connectivity index (χ3n) is 9.35. The van der Waals surface area contributed by atoms with E-state index in [0.717, 1.165) is 33.7 Å². The molecular weight excluding hydrogens is 641 g/mol. The molecule has 0 spiro atoms. The third-order valence-corrected chi connectivity index (χ3v) is 9.35. The van der Waals surface area contributed by atoms with Crippen molar-refractivity contribution >= 4 is 38.9 Å². The lowest BCUT2D eigenvalue weighted by molar-refractivity contribution is 0.660. The zero-order valence-electron chi connectivity index (χ0n) is 53.9. The van der Waals surface area contributed by atoms with Crippen LogP contribution in [0.15, 0.2) is 194 Å².